The molecule has 0 aliphatic carbocycles. The van der Waals surface area contributed by atoms with Gasteiger partial charge in [-0.1, -0.05) is 100 Å². The SMILES string of the molecule is CC(C)(CC(C)(C)OC(C)(C)c1ccc(C(C)(C)c2ccc(OCC3CO3)cc2)cc1)Oc1ccc(C(C)(C)c2ccc(C(C)(C)OCC3CO3)cc2)cc1. The molecule has 4 aromatic carbocycles. The van der Waals surface area contributed by atoms with Crippen LogP contribution in [0.25, 0.3) is 0 Å². The Morgan fingerprint density at radius 1 is 0.455 bits per heavy atom. The van der Waals surface area contributed by atoms with Gasteiger partial charge in [-0.3, -0.25) is 0 Å². The van der Waals surface area contributed by atoms with Gasteiger partial charge in [0.15, 0.2) is 0 Å². The molecule has 296 valence electrons. The molecule has 0 saturated carbocycles. The number of rotatable bonds is 18. The Balaban J connectivity index is 1.04. The number of epoxide rings is 2. The average molecular weight is 749 g/mol. The molecule has 0 bridgehead atoms. The lowest BCUT2D eigenvalue weighted by atomic mass is 9.77. The minimum atomic E-state index is -0.508. The van der Waals surface area contributed by atoms with Gasteiger partial charge in [0, 0.05) is 17.3 Å². The van der Waals surface area contributed by atoms with Gasteiger partial charge in [0.05, 0.1) is 36.6 Å². The summed E-state index contributed by atoms with van der Waals surface area (Å²) < 4.78 is 36.2. The average Bonchev–Trinajstić information content (AvgIpc) is 4.05. The molecule has 2 heterocycles. The van der Waals surface area contributed by atoms with Crippen molar-refractivity contribution in [2.75, 3.05) is 26.4 Å². The lowest BCUT2D eigenvalue weighted by Crippen LogP contribution is -2.43. The number of hydrogen-bond donors (Lipinski definition) is 0. The molecule has 6 nitrogen and oxygen atoms in total. The Kier molecular flexibility index (Phi) is 11.4. The van der Waals surface area contributed by atoms with Gasteiger partial charge in [0.2, 0.25) is 0 Å². The molecule has 0 aromatic heterocycles. The summed E-state index contributed by atoms with van der Waals surface area (Å²) in [7, 11) is 0. The molecular formula is C49H64O6. The Morgan fingerprint density at radius 3 is 1.25 bits per heavy atom. The lowest BCUT2D eigenvalue weighted by molar-refractivity contribution is -0.149. The van der Waals surface area contributed by atoms with E-state index in [4.69, 9.17) is 28.4 Å². The second kappa shape index (κ2) is 15.3. The largest absolute Gasteiger partial charge is 0.491 e. The maximum Gasteiger partial charge on any atom is 0.120 e. The van der Waals surface area contributed by atoms with Gasteiger partial charge in [-0.25, -0.2) is 0 Å². The molecule has 0 N–H and O–H groups in total. The zero-order valence-corrected chi connectivity index (χ0v) is 35.4. The van der Waals surface area contributed by atoms with Crippen molar-refractivity contribution in [3.8, 4) is 11.5 Å². The van der Waals surface area contributed by atoms with Crippen molar-refractivity contribution in [3.63, 3.8) is 0 Å². The highest BCUT2D eigenvalue weighted by Gasteiger charge is 2.37. The highest BCUT2D eigenvalue weighted by molar-refractivity contribution is 5.43. The molecule has 2 saturated heterocycles. The molecule has 55 heavy (non-hydrogen) atoms. The van der Waals surface area contributed by atoms with Gasteiger partial charge in [0.1, 0.15) is 35.9 Å². The molecular weight excluding hydrogens is 685 g/mol. The van der Waals surface area contributed by atoms with Gasteiger partial charge in [-0.2, -0.15) is 0 Å². The summed E-state index contributed by atoms with van der Waals surface area (Å²) in [5.74, 6) is 1.73. The van der Waals surface area contributed by atoms with Crippen LogP contribution in [0.4, 0.5) is 0 Å². The van der Waals surface area contributed by atoms with E-state index in [1.165, 1.54) is 22.3 Å². The predicted molar refractivity (Wildman–Crippen MR) is 221 cm³/mol. The molecule has 2 unspecified atom stereocenters. The van der Waals surface area contributed by atoms with Crippen molar-refractivity contribution in [2.45, 2.75) is 135 Å². The van der Waals surface area contributed by atoms with E-state index in [-0.39, 0.29) is 28.6 Å². The van der Waals surface area contributed by atoms with E-state index in [0.717, 1.165) is 35.8 Å². The van der Waals surface area contributed by atoms with Crippen LogP contribution >= 0.6 is 0 Å². The first-order valence-corrected chi connectivity index (χ1v) is 20.0. The summed E-state index contributed by atoms with van der Waals surface area (Å²) >= 11 is 0. The van der Waals surface area contributed by atoms with Crippen LogP contribution in [0.3, 0.4) is 0 Å². The Bertz CT molecular complexity index is 1860. The maximum atomic E-state index is 6.90. The first-order chi connectivity index (χ1) is 25.7. The first kappa shape index (κ1) is 41.0. The number of hydrogen-bond acceptors (Lipinski definition) is 6. The van der Waals surface area contributed by atoms with Gasteiger partial charge < -0.3 is 28.4 Å². The fourth-order valence-corrected chi connectivity index (χ4v) is 7.89. The molecule has 0 amide bonds. The van der Waals surface area contributed by atoms with Gasteiger partial charge in [-0.05, 0) is 113 Å². The third-order valence-electron chi connectivity index (χ3n) is 11.4. The molecule has 4 aromatic rings. The third-order valence-corrected chi connectivity index (χ3v) is 11.4. The van der Waals surface area contributed by atoms with Crippen LogP contribution < -0.4 is 9.47 Å². The molecule has 0 radical (unpaired) electrons. The van der Waals surface area contributed by atoms with Crippen molar-refractivity contribution in [3.05, 3.63) is 130 Å². The minimum absolute atomic E-state index is 0.166. The maximum absolute atomic E-state index is 6.90. The van der Waals surface area contributed by atoms with Crippen LogP contribution in [-0.2, 0) is 41.0 Å². The second-order valence-corrected chi connectivity index (χ2v) is 18.9. The van der Waals surface area contributed by atoms with E-state index >= 15 is 0 Å². The summed E-state index contributed by atoms with van der Waals surface area (Å²) in [6.07, 6.45) is 1.20. The molecule has 2 fully saturated rings. The Hall–Kier alpha value is -3.68. The highest BCUT2D eigenvalue weighted by Crippen LogP contribution is 2.39. The fraction of sp³-hybridized carbons (Fsp3) is 0.510. The van der Waals surface area contributed by atoms with E-state index < -0.39 is 16.8 Å². The van der Waals surface area contributed by atoms with E-state index in [0.29, 0.717) is 19.6 Å². The molecule has 6 heteroatoms. The molecule has 2 atom stereocenters. The van der Waals surface area contributed by atoms with Gasteiger partial charge in [0.25, 0.3) is 0 Å². The molecule has 6 rings (SSSR count). The summed E-state index contributed by atoms with van der Waals surface area (Å²) in [6.45, 7) is 29.1. The van der Waals surface area contributed by atoms with E-state index in [2.05, 4.69) is 180 Å². The molecule has 0 spiro atoms. The van der Waals surface area contributed by atoms with Crippen LogP contribution in [0.5, 0.6) is 11.5 Å². The van der Waals surface area contributed by atoms with E-state index in [1.54, 1.807) is 0 Å². The predicted octanol–water partition coefficient (Wildman–Crippen LogP) is 11.0. The smallest absolute Gasteiger partial charge is 0.120 e. The zero-order chi connectivity index (χ0) is 39.9. The summed E-state index contributed by atoms with van der Waals surface area (Å²) in [4.78, 5) is 0. The third kappa shape index (κ3) is 10.4. The van der Waals surface area contributed by atoms with Crippen LogP contribution in [0, 0.1) is 0 Å². The van der Waals surface area contributed by atoms with Crippen molar-refractivity contribution in [1.82, 2.24) is 0 Å². The fourth-order valence-electron chi connectivity index (χ4n) is 7.89. The first-order valence-electron chi connectivity index (χ1n) is 20.0. The van der Waals surface area contributed by atoms with Gasteiger partial charge in [-0.15, -0.1) is 0 Å². The summed E-state index contributed by atoms with van der Waals surface area (Å²) in [6, 6.07) is 34.7. The quantitative estimate of drug-likeness (QED) is 0.0944. The normalized spacial score (nSPS) is 17.9. The molecule has 2 aliphatic rings. The van der Waals surface area contributed by atoms with E-state index in [1.807, 2.05) is 0 Å². The zero-order valence-electron chi connectivity index (χ0n) is 35.4. The summed E-state index contributed by atoms with van der Waals surface area (Å²) in [5, 5.41) is 0. The number of ether oxygens (including phenoxy) is 6. The lowest BCUT2D eigenvalue weighted by Gasteiger charge is -2.41. The van der Waals surface area contributed by atoms with Crippen molar-refractivity contribution in [1.29, 1.82) is 0 Å². The topological polar surface area (TPSA) is 62.0 Å². The van der Waals surface area contributed by atoms with Crippen LogP contribution in [0.2, 0.25) is 0 Å². The molecule has 2 aliphatic heterocycles. The van der Waals surface area contributed by atoms with Crippen molar-refractivity contribution in [2.24, 2.45) is 0 Å². The van der Waals surface area contributed by atoms with E-state index in [9.17, 15) is 0 Å². The van der Waals surface area contributed by atoms with Crippen LogP contribution in [0.1, 0.15) is 123 Å². The van der Waals surface area contributed by atoms with Crippen LogP contribution in [0.15, 0.2) is 97.1 Å². The highest BCUT2D eigenvalue weighted by atomic mass is 16.6. The minimum Gasteiger partial charge on any atom is -0.491 e. The standard InChI is InChI=1S/C49H64O6/c1-44(2,54-41-27-23-37(24-28-41)47(7,8)34-13-17-38(18-14-34)48(9,10)53-32-43-31-52-43)33-45(3,4)55-49(11,12)39-19-15-35(16-20-39)46(5,6)36-21-25-40(26-22-36)50-29-42-30-51-42/h13-28,42-43H,29-33H2,1-12H3. The van der Waals surface area contributed by atoms with Crippen molar-refractivity contribution >= 4 is 0 Å². The monoisotopic (exact) mass is 748 g/mol. The number of benzene rings is 4. The summed E-state index contributed by atoms with van der Waals surface area (Å²) in [5.41, 5.74) is 5.13. The van der Waals surface area contributed by atoms with Gasteiger partial charge >= 0.3 is 0 Å². The Labute approximate surface area is 330 Å². The van der Waals surface area contributed by atoms with Crippen LogP contribution in [-0.4, -0.2) is 49.8 Å². The second-order valence-electron chi connectivity index (χ2n) is 18.9. The van der Waals surface area contributed by atoms with Crippen molar-refractivity contribution < 1.29 is 28.4 Å². The Morgan fingerprint density at radius 2 is 0.818 bits per heavy atom.